The third-order valence-electron chi connectivity index (χ3n) is 6.03. The van der Waals surface area contributed by atoms with E-state index in [9.17, 15) is 13.2 Å². The number of sulfonamides is 1. The lowest BCUT2D eigenvalue weighted by atomic mass is 9.86. The van der Waals surface area contributed by atoms with Gasteiger partial charge >= 0.3 is 0 Å². The first kappa shape index (κ1) is 27.8. The molecule has 1 amide bonds. The molecule has 9 heteroatoms. The monoisotopic (exact) mass is 597 g/mol. The Morgan fingerprint density at radius 2 is 1.84 bits per heavy atom. The molecule has 0 aliphatic carbocycles. The van der Waals surface area contributed by atoms with E-state index < -0.39 is 10.0 Å². The number of benzene rings is 1. The number of likely N-dealkylation sites (tertiary alicyclic amines) is 1. The molecule has 1 atom stereocenters. The van der Waals surface area contributed by atoms with Crippen LogP contribution in [0.5, 0.6) is 0 Å². The van der Waals surface area contributed by atoms with Crippen LogP contribution in [0.3, 0.4) is 0 Å². The van der Waals surface area contributed by atoms with Crippen LogP contribution in [-0.4, -0.2) is 50.7 Å². The molecule has 0 saturated carbocycles. The number of carbonyl (C=O) groups is 1. The van der Waals surface area contributed by atoms with E-state index in [1.54, 1.807) is 6.92 Å². The molecule has 32 heavy (non-hydrogen) atoms. The predicted octanol–water partition coefficient (Wildman–Crippen LogP) is 4.35. The van der Waals surface area contributed by atoms with Crippen LogP contribution < -0.4 is 10.0 Å². The first-order valence-electron chi connectivity index (χ1n) is 11.2. The number of nitrogens with one attached hydrogen (secondary N) is 2. The van der Waals surface area contributed by atoms with Crippen molar-refractivity contribution in [1.29, 1.82) is 0 Å². The van der Waals surface area contributed by atoms with Crippen LogP contribution in [0.2, 0.25) is 5.02 Å². The molecule has 2 N–H and O–H groups in total. The van der Waals surface area contributed by atoms with E-state index in [0.717, 1.165) is 41.5 Å². The van der Waals surface area contributed by atoms with Crippen LogP contribution in [0.15, 0.2) is 18.2 Å². The topological polar surface area (TPSA) is 78.5 Å². The van der Waals surface area contributed by atoms with Crippen LogP contribution in [0, 0.1) is 11.3 Å². The average Bonchev–Trinajstić information content (AvgIpc) is 2.72. The lowest BCUT2D eigenvalue weighted by molar-refractivity contribution is -0.122. The molecule has 0 aromatic heterocycles. The van der Waals surface area contributed by atoms with Gasteiger partial charge in [-0.25, -0.2) is 13.1 Å². The van der Waals surface area contributed by atoms with Crippen molar-refractivity contribution in [3.8, 4) is 0 Å². The van der Waals surface area contributed by atoms with E-state index in [1.165, 1.54) is 0 Å². The quantitative estimate of drug-likeness (QED) is 0.311. The molecule has 0 radical (unpaired) electrons. The Hall–Kier alpha value is -0.420. The number of alkyl halides is 1. The Bertz CT molecular complexity index is 866. The lowest BCUT2D eigenvalue weighted by Crippen LogP contribution is -2.52. The highest BCUT2D eigenvalue weighted by molar-refractivity contribution is 14.1. The van der Waals surface area contributed by atoms with Gasteiger partial charge in [0.05, 0.1) is 5.75 Å². The summed E-state index contributed by atoms with van der Waals surface area (Å²) in [6, 6.07) is 5.78. The summed E-state index contributed by atoms with van der Waals surface area (Å²) in [4.78, 5) is 14.8. The molecule has 1 aliphatic heterocycles. The number of rotatable bonds is 10. The first-order valence-corrected chi connectivity index (χ1v) is 14.8. The number of carbonyl (C=O) groups excluding carboxylic acids is 1. The molecule has 1 aromatic rings. The minimum atomic E-state index is -3.25. The third kappa shape index (κ3) is 9.44. The highest BCUT2D eigenvalue weighted by atomic mass is 127. The van der Waals surface area contributed by atoms with Crippen LogP contribution >= 0.6 is 34.2 Å². The van der Waals surface area contributed by atoms with E-state index in [1.807, 2.05) is 12.1 Å². The molecular weight excluding hydrogens is 561 g/mol. The van der Waals surface area contributed by atoms with Crippen LogP contribution in [0.25, 0.3) is 0 Å². The SMILES string of the molecule is CCS(=O)(=O)NC(CN1CCC(CC(=O)NCc2cc(Cl)cc(CI)c2)CC1)C(C)(C)C. The van der Waals surface area contributed by atoms with Gasteiger partial charge in [-0.15, -0.1) is 0 Å². The highest BCUT2D eigenvalue weighted by Crippen LogP contribution is 2.25. The largest absolute Gasteiger partial charge is 0.352 e. The van der Waals surface area contributed by atoms with Gasteiger partial charge in [-0.1, -0.05) is 61.0 Å². The van der Waals surface area contributed by atoms with E-state index in [2.05, 4.69) is 64.4 Å². The molecule has 1 unspecified atom stereocenters. The summed E-state index contributed by atoms with van der Waals surface area (Å²) in [5.74, 6) is 0.518. The Balaban J connectivity index is 1.80. The standard InChI is InChI=1S/C23H37ClIN3O3S/c1-5-32(30,31)27-21(23(2,3)4)16-28-8-6-17(7-9-28)13-22(29)26-15-19-10-18(14-25)11-20(24)12-19/h10-12,17,21,27H,5-9,13-16H2,1-4H3,(H,26,29). The van der Waals surface area contributed by atoms with Gasteiger partial charge in [0.1, 0.15) is 0 Å². The van der Waals surface area contributed by atoms with Crippen LogP contribution in [0.1, 0.15) is 58.1 Å². The molecule has 0 spiro atoms. The van der Waals surface area contributed by atoms with Gasteiger partial charge in [0.2, 0.25) is 15.9 Å². The lowest BCUT2D eigenvalue weighted by Gasteiger charge is -2.38. The second-order valence-corrected chi connectivity index (χ2v) is 13.0. The maximum Gasteiger partial charge on any atom is 0.220 e. The normalized spacial score (nSPS) is 17.3. The van der Waals surface area contributed by atoms with E-state index in [-0.39, 0.29) is 23.1 Å². The van der Waals surface area contributed by atoms with Crippen molar-refractivity contribution < 1.29 is 13.2 Å². The van der Waals surface area contributed by atoms with Crippen molar-refractivity contribution >= 4 is 50.1 Å². The van der Waals surface area contributed by atoms with Crippen molar-refractivity contribution in [2.24, 2.45) is 11.3 Å². The Labute approximate surface area is 212 Å². The molecule has 6 nitrogen and oxygen atoms in total. The number of piperidine rings is 1. The second kappa shape index (κ2) is 12.3. The fourth-order valence-electron chi connectivity index (χ4n) is 3.85. The number of hydrogen-bond donors (Lipinski definition) is 2. The third-order valence-corrected chi connectivity index (χ3v) is 8.53. The number of amides is 1. The Morgan fingerprint density at radius 3 is 2.41 bits per heavy atom. The summed E-state index contributed by atoms with van der Waals surface area (Å²) >= 11 is 8.46. The molecule has 2 rings (SSSR count). The van der Waals surface area contributed by atoms with E-state index in [4.69, 9.17) is 11.6 Å². The summed E-state index contributed by atoms with van der Waals surface area (Å²) < 4.78 is 28.0. The summed E-state index contributed by atoms with van der Waals surface area (Å²) in [5, 5.41) is 3.73. The van der Waals surface area contributed by atoms with Gasteiger partial charge in [0.15, 0.2) is 0 Å². The van der Waals surface area contributed by atoms with Gasteiger partial charge in [-0.2, -0.15) is 0 Å². The zero-order chi connectivity index (χ0) is 23.9. The van der Waals surface area contributed by atoms with E-state index in [0.29, 0.717) is 30.5 Å². The zero-order valence-electron chi connectivity index (χ0n) is 19.6. The van der Waals surface area contributed by atoms with Crippen LogP contribution in [-0.2, 0) is 25.8 Å². The first-order chi connectivity index (χ1) is 14.9. The molecule has 1 fully saturated rings. The molecular formula is C23H37ClIN3O3S. The van der Waals surface area contributed by atoms with Crippen LogP contribution in [0.4, 0.5) is 0 Å². The number of nitrogens with zero attached hydrogens (tertiary/aromatic N) is 1. The van der Waals surface area contributed by atoms with Crippen molar-refractivity contribution in [2.45, 2.75) is 64.0 Å². The van der Waals surface area contributed by atoms with Crippen molar-refractivity contribution in [2.75, 3.05) is 25.4 Å². The Morgan fingerprint density at radius 1 is 1.22 bits per heavy atom. The molecule has 1 heterocycles. The molecule has 1 aromatic carbocycles. The number of hydrogen-bond acceptors (Lipinski definition) is 4. The highest BCUT2D eigenvalue weighted by Gasteiger charge is 2.31. The minimum Gasteiger partial charge on any atom is -0.352 e. The van der Waals surface area contributed by atoms with Gasteiger partial charge in [-0.05, 0) is 67.4 Å². The maximum atomic E-state index is 12.5. The van der Waals surface area contributed by atoms with Crippen molar-refractivity contribution in [3.05, 3.63) is 34.3 Å². The smallest absolute Gasteiger partial charge is 0.220 e. The fraction of sp³-hybridized carbons (Fsp3) is 0.696. The van der Waals surface area contributed by atoms with E-state index >= 15 is 0 Å². The molecule has 182 valence electrons. The summed E-state index contributed by atoms with van der Waals surface area (Å²) in [5.41, 5.74) is 2.01. The molecule has 1 saturated heterocycles. The van der Waals surface area contributed by atoms with Gasteiger partial charge in [0, 0.05) is 35.0 Å². The van der Waals surface area contributed by atoms with Gasteiger partial charge in [0.25, 0.3) is 0 Å². The summed E-state index contributed by atoms with van der Waals surface area (Å²) in [6.45, 7) is 10.8. The number of halogens is 2. The molecule has 1 aliphatic rings. The predicted molar refractivity (Wildman–Crippen MR) is 141 cm³/mol. The maximum absolute atomic E-state index is 12.5. The molecule has 0 bridgehead atoms. The fourth-order valence-corrected chi connectivity index (χ4v) is 5.60. The minimum absolute atomic E-state index is 0.0720. The second-order valence-electron chi connectivity index (χ2n) is 9.77. The average molecular weight is 598 g/mol. The van der Waals surface area contributed by atoms with Gasteiger partial charge < -0.3 is 10.2 Å². The van der Waals surface area contributed by atoms with Gasteiger partial charge in [-0.3, -0.25) is 4.79 Å². The summed E-state index contributed by atoms with van der Waals surface area (Å²) in [7, 11) is -3.25. The zero-order valence-corrected chi connectivity index (χ0v) is 23.3. The van der Waals surface area contributed by atoms with Crippen molar-refractivity contribution in [3.63, 3.8) is 0 Å². The Kier molecular flexibility index (Phi) is 10.7. The van der Waals surface area contributed by atoms with Crippen molar-refractivity contribution in [1.82, 2.24) is 14.9 Å². The summed E-state index contributed by atoms with van der Waals surface area (Å²) in [6.07, 6.45) is 2.42.